The van der Waals surface area contributed by atoms with E-state index in [0.29, 0.717) is 32.9 Å². The number of hydrogen-bond donors (Lipinski definition) is 1. The number of alkyl halides is 2. The lowest BCUT2D eigenvalue weighted by Crippen LogP contribution is -2.10. The van der Waals surface area contributed by atoms with E-state index in [2.05, 4.69) is 10.1 Å². The highest BCUT2D eigenvalue weighted by atomic mass is 32.1. The summed E-state index contributed by atoms with van der Waals surface area (Å²) in [7, 11) is 0. The first-order valence-electron chi connectivity index (χ1n) is 7.72. The van der Waals surface area contributed by atoms with E-state index in [9.17, 15) is 23.1 Å². The summed E-state index contributed by atoms with van der Waals surface area (Å²) in [4.78, 5) is 15.6. The van der Waals surface area contributed by atoms with Crippen LogP contribution in [-0.4, -0.2) is 25.8 Å². The number of halogens is 3. The van der Waals surface area contributed by atoms with Gasteiger partial charge < -0.3 is 5.11 Å². The molecule has 0 amide bonds. The summed E-state index contributed by atoms with van der Waals surface area (Å²) in [5.74, 6) is -2.24. The third-order valence-corrected chi connectivity index (χ3v) is 4.81. The molecule has 1 aromatic carbocycles. The maximum atomic E-state index is 13.3. The molecule has 2 aromatic heterocycles. The predicted octanol–water partition coefficient (Wildman–Crippen LogP) is 4.79. The van der Waals surface area contributed by atoms with Gasteiger partial charge in [-0.25, -0.2) is 14.1 Å². The van der Waals surface area contributed by atoms with Gasteiger partial charge in [-0.1, -0.05) is 6.92 Å². The molecule has 26 heavy (non-hydrogen) atoms. The quantitative estimate of drug-likeness (QED) is 0.667. The number of carboxylic acid groups (broad SMARTS) is 1. The molecule has 1 N–H and O–H groups in total. The molecule has 0 aliphatic carbocycles. The topological polar surface area (TPSA) is 68.0 Å². The number of carbonyl (C=O) groups is 1. The lowest BCUT2D eigenvalue weighted by molar-refractivity contribution is -0.138. The fraction of sp³-hybridized carbons (Fsp3) is 0.235. The molecule has 0 aliphatic heterocycles. The molecular weight excluding hydrogens is 367 g/mol. The Morgan fingerprint density at radius 1 is 1.31 bits per heavy atom. The number of hydrogen-bond acceptors (Lipinski definition) is 4. The Hall–Kier alpha value is -2.68. The van der Waals surface area contributed by atoms with Gasteiger partial charge in [-0.3, -0.25) is 4.79 Å². The first-order valence-corrected chi connectivity index (χ1v) is 8.60. The third kappa shape index (κ3) is 3.34. The van der Waals surface area contributed by atoms with Crippen LogP contribution in [0, 0.1) is 5.82 Å². The average Bonchev–Trinajstić information content (AvgIpc) is 3.22. The van der Waals surface area contributed by atoms with Crippen molar-refractivity contribution in [1.29, 1.82) is 0 Å². The minimum atomic E-state index is -2.88. The molecule has 0 saturated heterocycles. The average molecular weight is 381 g/mol. The van der Waals surface area contributed by atoms with Crippen LogP contribution >= 0.6 is 11.3 Å². The molecule has 2 heterocycles. The first-order chi connectivity index (χ1) is 12.4. The third-order valence-electron chi connectivity index (χ3n) is 3.91. The van der Waals surface area contributed by atoms with E-state index in [1.807, 2.05) is 0 Å². The minimum Gasteiger partial charge on any atom is -0.481 e. The van der Waals surface area contributed by atoms with Gasteiger partial charge in [0.1, 0.15) is 10.8 Å². The van der Waals surface area contributed by atoms with E-state index >= 15 is 0 Å². The SMILES string of the molecule is CCC(C(=O)O)c1csc(-c2cnn(C(F)F)c2-c2ccc(F)cc2)n1. The molecule has 1 unspecified atom stereocenters. The van der Waals surface area contributed by atoms with Gasteiger partial charge in [-0.05, 0) is 30.7 Å². The van der Waals surface area contributed by atoms with Gasteiger partial charge in [0, 0.05) is 10.9 Å². The fourth-order valence-electron chi connectivity index (χ4n) is 2.64. The summed E-state index contributed by atoms with van der Waals surface area (Å²) >= 11 is 1.15. The van der Waals surface area contributed by atoms with Crippen LogP contribution in [-0.2, 0) is 4.79 Å². The summed E-state index contributed by atoms with van der Waals surface area (Å²) in [6, 6.07) is 5.12. The lowest BCUT2D eigenvalue weighted by atomic mass is 10.0. The minimum absolute atomic E-state index is 0.101. The van der Waals surface area contributed by atoms with E-state index in [1.54, 1.807) is 12.3 Å². The van der Waals surface area contributed by atoms with Crippen LogP contribution in [0.1, 0.15) is 31.5 Å². The van der Waals surface area contributed by atoms with Crippen molar-refractivity contribution in [3.63, 3.8) is 0 Å². The van der Waals surface area contributed by atoms with Gasteiger partial charge in [0.2, 0.25) is 0 Å². The van der Waals surface area contributed by atoms with Gasteiger partial charge in [0.15, 0.2) is 0 Å². The highest BCUT2D eigenvalue weighted by Crippen LogP contribution is 2.37. The van der Waals surface area contributed by atoms with E-state index in [-0.39, 0.29) is 5.69 Å². The molecule has 0 radical (unpaired) electrons. The van der Waals surface area contributed by atoms with Gasteiger partial charge >= 0.3 is 12.5 Å². The zero-order valence-electron chi connectivity index (χ0n) is 13.6. The number of nitrogens with zero attached hydrogens (tertiary/aromatic N) is 3. The number of carboxylic acids is 1. The second-order valence-electron chi connectivity index (χ2n) is 5.51. The van der Waals surface area contributed by atoms with Gasteiger partial charge in [-0.2, -0.15) is 13.9 Å². The number of aliphatic carboxylic acids is 1. The van der Waals surface area contributed by atoms with Crippen molar-refractivity contribution in [2.75, 3.05) is 0 Å². The standard InChI is InChI=1S/C17H14F3N3O2S/c1-2-11(16(24)25)13-8-26-15(22-13)12-7-21-23(17(19)20)14(12)9-3-5-10(18)6-4-9/h3-8,11,17H,2H2,1H3,(H,24,25). The summed E-state index contributed by atoms with van der Waals surface area (Å²) < 4.78 is 40.4. The van der Waals surface area contributed by atoms with Crippen molar-refractivity contribution in [2.24, 2.45) is 0 Å². The molecular formula is C17H14F3N3O2S. The Morgan fingerprint density at radius 3 is 2.58 bits per heavy atom. The Bertz CT molecular complexity index is 922. The van der Waals surface area contributed by atoms with Gasteiger partial charge in [0.05, 0.1) is 29.1 Å². The van der Waals surface area contributed by atoms with E-state index in [4.69, 9.17) is 0 Å². The molecule has 0 saturated carbocycles. The number of aromatic nitrogens is 3. The normalized spacial score (nSPS) is 12.5. The largest absolute Gasteiger partial charge is 0.481 e. The molecule has 0 spiro atoms. The summed E-state index contributed by atoms with van der Waals surface area (Å²) in [6.45, 7) is -1.15. The first kappa shape index (κ1) is 18.1. The summed E-state index contributed by atoms with van der Waals surface area (Å²) in [5.41, 5.74) is 1.17. The molecule has 3 rings (SSSR count). The van der Waals surface area contributed by atoms with Gasteiger partial charge in [-0.15, -0.1) is 11.3 Å². The van der Waals surface area contributed by atoms with Crippen LogP contribution in [0.2, 0.25) is 0 Å². The molecule has 5 nitrogen and oxygen atoms in total. The second-order valence-corrected chi connectivity index (χ2v) is 6.37. The molecule has 0 aliphatic rings. The zero-order chi connectivity index (χ0) is 18.8. The van der Waals surface area contributed by atoms with Crippen molar-refractivity contribution in [3.05, 3.63) is 47.4 Å². The van der Waals surface area contributed by atoms with Crippen LogP contribution in [0.3, 0.4) is 0 Å². The van der Waals surface area contributed by atoms with Crippen LogP contribution in [0.25, 0.3) is 21.8 Å². The molecule has 1 atom stereocenters. The van der Waals surface area contributed by atoms with E-state index in [1.165, 1.54) is 30.5 Å². The van der Waals surface area contributed by atoms with Crippen molar-refractivity contribution >= 4 is 17.3 Å². The molecule has 0 bridgehead atoms. The molecule has 9 heteroatoms. The van der Waals surface area contributed by atoms with Crippen molar-refractivity contribution in [1.82, 2.24) is 14.8 Å². The van der Waals surface area contributed by atoms with Gasteiger partial charge in [0.25, 0.3) is 0 Å². The number of rotatable bonds is 6. The Balaban J connectivity index is 2.10. The summed E-state index contributed by atoms with van der Waals surface area (Å²) in [6.07, 6.45) is 1.62. The highest BCUT2D eigenvalue weighted by Gasteiger charge is 2.25. The lowest BCUT2D eigenvalue weighted by Gasteiger charge is -2.08. The zero-order valence-corrected chi connectivity index (χ0v) is 14.4. The van der Waals surface area contributed by atoms with Crippen LogP contribution in [0.15, 0.2) is 35.8 Å². The van der Waals surface area contributed by atoms with Crippen molar-refractivity contribution < 1.29 is 23.1 Å². The summed E-state index contributed by atoms with van der Waals surface area (Å²) in [5, 5.41) is 15.0. The van der Waals surface area contributed by atoms with Crippen LogP contribution in [0.4, 0.5) is 13.2 Å². The maximum Gasteiger partial charge on any atom is 0.333 e. The van der Waals surface area contributed by atoms with E-state index in [0.717, 1.165) is 11.3 Å². The molecule has 3 aromatic rings. The molecule has 136 valence electrons. The van der Waals surface area contributed by atoms with Crippen molar-refractivity contribution in [2.45, 2.75) is 25.8 Å². The smallest absolute Gasteiger partial charge is 0.333 e. The number of thiazole rings is 1. The van der Waals surface area contributed by atoms with Crippen LogP contribution < -0.4 is 0 Å². The van der Waals surface area contributed by atoms with Crippen molar-refractivity contribution in [3.8, 4) is 21.8 Å². The second kappa shape index (κ2) is 7.28. The number of benzene rings is 1. The maximum absolute atomic E-state index is 13.3. The highest BCUT2D eigenvalue weighted by molar-refractivity contribution is 7.13. The Labute approximate surface area is 150 Å². The monoisotopic (exact) mass is 381 g/mol. The fourth-order valence-corrected chi connectivity index (χ4v) is 3.53. The predicted molar refractivity (Wildman–Crippen MR) is 90.6 cm³/mol. The van der Waals surface area contributed by atoms with Crippen LogP contribution in [0.5, 0.6) is 0 Å². The Morgan fingerprint density at radius 2 is 2.00 bits per heavy atom. The molecule has 0 fully saturated rings. The Kier molecular flexibility index (Phi) is 5.08. The van der Waals surface area contributed by atoms with E-state index < -0.39 is 24.3 Å².